The number of likely N-dealkylation sites (tertiary alicyclic amines) is 1. The fourth-order valence-corrected chi connectivity index (χ4v) is 5.81. The largest absolute Gasteiger partial charge is 0.364 e. The fourth-order valence-electron chi connectivity index (χ4n) is 5.52. The monoisotopic (exact) mass is 621 g/mol. The van der Waals surface area contributed by atoms with E-state index < -0.39 is 17.8 Å². The number of carbonyl (C=O) groups excluding carboxylic acids is 3. The fraction of sp³-hybridized carbons (Fsp3) is 0.333. The summed E-state index contributed by atoms with van der Waals surface area (Å²) in [5, 5.41) is 7.60. The topological polar surface area (TPSA) is 162 Å². The van der Waals surface area contributed by atoms with E-state index in [4.69, 9.17) is 5.73 Å². The zero-order valence-electron chi connectivity index (χ0n) is 22.4. The van der Waals surface area contributed by atoms with Crippen LogP contribution in [0.25, 0.3) is 22.2 Å². The number of hydrogen-bond donors (Lipinski definition) is 2. The second-order valence-electron chi connectivity index (χ2n) is 10.4. The lowest BCUT2D eigenvalue weighted by atomic mass is 10.1. The van der Waals surface area contributed by atoms with Crippen LogP contribution in [0.1, 0.15) is 34.0 Å². The molecule has 210 valence electrons. The van der Waals surface area contributed by atoms with E-state index in [-0.39, 0.29) is 46.3 Å². The van der Waals surface area contributed by atoms with Crippen LogP contribution in [0.15, 0.2) is 29.1 Å². The van der Waals surface area contributed by atoms with Crippen LogP contribution in [0.5, 0.6) is 0 Å². The SMILES string of the molecule is Cc1ncc(-c2cc3c(C(N)=O)nn(CC(=O)N4C[C@H]5C[C@H]5[C@H]4C(=O)Nc4nc(Br)c(F)cc4C)c3c(C)n2)cn1. The number of aryl methyl sites for hydroxylation is 3. The molecule has 1 aliphatic carbocycles. The average molecular weight is 622 g/mol. The molecule has 4 aromatic heterocycles. The maximum Gasteiger partial charge on any atom is 0.269 e. The Morgan fingerprint density at radius 2 is 1.88 bits per heavy atom. The highest BCUT2D eigenvalue weighted by molar-refractivity contribution is 9.10. The van der Waals surface area contributed by atoms with Crippen molar-refractivity contribution in [2.75, 3.05) is 11.9 Å². The molecule has 12 nitrogen and oxygen atoms in total. The number of pyridine rings is 2. The minimum atomic E-state index is -0.745. The number of nitrogens with two attached hydrogens (primary N) is 1. The predicted molar refractivity (Wildman–Crippen MR) is 149 cm³/mol. The number of aromatic nitrogens is 6. The van der Waals surface area contributed by atoms with Crippen LogP contribution in [-0.2, 0) is 16.1 Å². The summed E-state index contributed by atoms with van der Waals surface area (Å²) in [4.78, 5) is 58.0. The first kappa shape index (κ1) is 26.9. The van der Waals surface area contributed by atoms with Gasteiger partial charge in [0.1, 0.15) is 28.8 Å². The summed E-state index contributed by atoms with van der Waals surface area (Å²) in [5.41, 5.74) is 8.35. The minimum absolute atomic E-state index is 0.00887. The maximum atomic E-state index is 13.8. The van der Waals surface area contributed by atoms with Crippen LogP contribution in [0.2, 0.25) is 0 Å². The third-order valence-electron chi connectivity index (χ3n) is 7.60. The Morgan fingerprint density at radius 1 is 1.15 bits per heavy atom. The van der Waals surface area contributed by atoms with Crippen LogP contribution < -0.4 is 11.1 Å². The van der Waals surface area contributed by atoms with E-state index in [2.05, 4.69) is 46.3 Å². The summed E-state index contributed by atoms with van der Waals surface area (Å²) in [5.74, 6) is -0.915. The van der Waals surface area contributed by atoms with Crippen LogP contribution in [-0.4, -0.2) is 64.9 Å². The summed E-state index contributed by atoms with van der Waals surface area (Å²) in [6, 6.07) is 2.25. The van der Waals surface area contributed by atoms with Gasteiger partial charge in [-0.05, 0) is 72.7 Å². The van der Waals surface area contributed by atoms with Crippen molar-refractivity contribution in [1.82, 2.24) is 34.6 Å². The third-order valence-corrected chi connectivity index (χ3v) is 8.16. The number of halogens is 2. The first-order valence-electron chi connectivity index (χ1n) is 12.9. The number of carbonyl (C=O) groups is 3. The van der Waals surface area contributed by atoms with Gasteiger partial charge in [-0.15, -0.1) is 0 Å². The van der Waals surface area contributed by atoms with Crippen LogP contribution in [0.4, 0.5) is 10.2 Å². The number of fused-ring (bicyclic) bond motifs is 2. The Hall–Kier alpha value is -4.33. The number of primary amides is 1. The van der Waals surface area contributed by atoms with Gasteiger partial charge in [-0.25, -0.2) is 19.3 Å². The van der Waals surface area contributed by atoms with Crippen molar-refractivity contribution in [3.05, 3.63) is 57.7 Å². The smallest absolute Gasteiger partial charge is 0.269 e. The summed E-state index contributed by atoms with van der Waals surface area (Å²) in [6.45, 7) is 5.38. The molecule has 6 rings (SSSR count). The molecule has 14 heteroatoms. The molecule has 1 aliphatic heterocycles. The van der Waals surface area contributed by atoms with Gasteiger partial charge in [-0.3, -0.25) is 24.0 Å². The van der Waals surface area contributed by atoms with Crippen molar-refractivity contribution in [3.8, 4) is 11.3 Å². The van der Waals surface area contributed by atoms with Gasteiger partial charge in [0.05, 0.1) is 16.9 Å². The zero-order chi connectivity index (χ0) is 29.2. The Kier molecular flexibility index (Phi) is 6.52. The molecule has 41 heavy (non-hydrogen) atoms. The second-order valence-corrected chi connectivity index (χ2v) is 11.2. The standard InChI is InChI=1S/C27H25BrFN9O3/c1-11-4-18(29)24(28)34-26(11)35-27(41)23-16-5-14(16)9-37(23)20(39)10-38-22-12(2)33-19(15-7-31-13(3)32-8-15)6-17(22)21(36-38)25(30)40/h4,6-8,14,16,23H,5,9-10H2,1-3H3,(H2,30,40)(H,34,35,41)/t14-,16-,23+/m1/s1. The predicted octanol–water partition coefficient (Wildman–Crippen LogP) is 2.69. The van der Waals surface area contributed by atoms with Crippen molar-refractivity contribution in [1.29, 1.82) is 0 Å². The summed E-state index contributed by atoms with van der Waals surface area (Å²) >= 11 is 3.05. The van der Waals surface area contributed by atoms with Gasteiger partial charge in [-0.2, -0.15) is 5.10 Å². The number of piperidine rings is 1. The van der Waals surface area contributed by atoms with Gasteiger partial charge in [-0.1, -0.05) is 0 Å². The van der Waals surface area contributed by atoms with Crippen LogP contribution in [0, 0.1) is 38.4 Å². The molecule has 3 N–H and O–H groups in total. The molecular formula is C27H25BrFN9O3. The molecular weight excluding hydrogens is 597 g/mol. The highest BCUT2D eigenvalue weighted by Gasteiger charge is 2.56. The molecule has 4 aromatic rings. The van der Waals surface area contributed by atoms with Crippen molar-refractivity contribution < 1.29 is 18.8 Å². The Balaban J connectivity index is 1.29. The summed E-state index contributed by atoms with van der Waals surface area (Å²) in [6.07, 6.45) is 4.12. The average Bonchev–Trinajstić information content (AvgIpc) is 3.41. The Morgan fingerprint density at radius 3 is 2.59 bits per heavy atom. The van der Waals surface area contributed by atoms with E-state index in [1.54, 1.807) is 44.1 Å². The Labute approximate surface area is 241 Å². The molecule has 3 atom stereocenters. The van der Waals surface area contributed by atoms with E-state index in [0.717, 1.165) is 6.42 Å². The molecule has 0 bridgehead atoms. The molecule has 0 unspecified atom stereocenters. The highest BCUT2D eigenvalue weighted by Crippen LogP contribution is 2.50. The number of nitrogens with one attached hydrogen (secondary N) is 1. The van der Waals surface area contributed by atoms with Gasteiger partial charge in [0.15, 0.2) is 11.5 Å². The number of amides is 3. The Bertz CT molecular complexity index is 1760. The van der Waals surface area contributed by atoms with E-state index in [1.807, 2.05) is 0 Å². The second kappa shape index (κ2) is 9.94. The quantitative estimate of drug-likeness (QED) is 0.310. The lowest BCUT2D eigenvalue weighted by Crippen LogP contribution is -2.47. The van der Waals surface area contributed by atoms with E-state index in [1.165, 1.54) is 10.7 Å². The molecule has 0 aromatic carbocycles. The molecule has 2 fully saturated rings. The molecule has 1 saturated carbocycles. The molecule has 2 aliphatic rings. The summed E-state index contributed by atoms with van der Waals surface area (Å²) in [7, 11) is 0. The highest BCUT2D eigenvalue weighted by atomic mass is 79.9. The van der Waals surface area contributed by atoms with Gasteiger partial charge < -0.3 is 16.0 Å². The first-order valence-corrected chi connectivity index (χ1v) is 13.7. The lowest BCUT2D eigenvalue weighted by molar-refractivity contribution is -0.138. The van der Waals surface area contributed by atoms with Crippen molar-refractivity contribution in [2.24, 2.45) is 17.6 Å². The normalized spacial score (nSPS) is 19.3. The van der Waals surface area contributed by atoms with Crippen LogP contribution >= 0.6 is 15.9 Å². The van der Waals surface area contributed by atoms with Crippen molar-refractivity contribution in [3.63, 3.8) is 0 Å². The number of nitrogens with zero attached hydrogens (tertiary/aromatic N) is 7. The van der Waals surface area contributed by atoms with E-state index in [9.17, 15) is 18.8 Å². The zero-order valence-corrected chi connectivity index (χ0v) is 23.9. The van der Waals surface area contributed by atoms with Crippen LogP contribution in [0.3, 0.4) is 0 Å². The van der Waals surface area contributed by atoms with Crippen molar-refractivity contribution >= 4 is 50.4 Å². The lowest BCUT2D eigenvalue weighted by Gasteiger charge is -2.27. The molecule has 0 spiro atoms. The molecule has 3 amide bonds. The van der Waals surface area contributed by atoms with E-state index in [0.29, 0.717) is 45.8 Å². The first-order chi connectivity index (χ1) is 19.5. The van der Waals surface area contributed by atoms with Gasteiger partial charge in [0, 0.05) is 29.9 Å². The molecule has 5 heterocycles. The van der Waals surface area contributed by atoms with Crippen molar-refractivity contribution in [2.45, 2.75) is 39.8 Å². The minimum Gasteiger partial charge on any atom is -0.364 e. The number of anilines is 1. The van der Waals surface area contributed by atoms with Gasteiger partial charge in [0.2, 0.25) is 11.8 Å². The number of rotatable bonds is 6. The number of hydrogen-bond acceptors (Lipinski definition) is 8. The molecule has 0 radical (unpaired) electrons. The maximum absolute atomic E-state index is 13.8. The van der Waals surface area contributed by atoms with E-state index >= 15 is 0 Å². The summed E-state index contributed by atoms with van der Waals surface area (Å²) < 4.78 is 15.2. The van der Waals surface area contributed by atoms with Gasteiger partial charge >= 0.3 is 0 Å². The molecule has 1 saturated heterocycles. The third kappa shape index (κ3) is 4.81. The van der Waals surface area contributed by atoms with Gasteiger partial charge in [0.25, 0.3) is 5.91 Å².